The molecule has 1 fully saturated rings. The molecule has 126 valence electrons. The molecule has 1 rings (SSSR count). The van der Waals surface area contributed by atoms with Gasteiger partial charge in [0.2, 0.25) is 0 Å². The van der Waals surface area contributed by atoms with Gasteiger partial charge in [0.1, 0.15) is 0 Å². The van der Waals surface area contributed by atoms with E-state index in [-0.39, 0.29) is 0 Å². The van der Waals surface area contributed by atoms with Gasteiger partial charge in [0.15, 0.2) is 5.85 Å². The van der Waals surface area contributed by atoms with Gasteiger partial charge in [-0.3, -0.25) is 9.09 Å². The van der Waals surface area contributed by atoms with Crippen LogP contribution in [0.1, 0.15) is 46.5 Å². The van der Waals surface area contributed by atoms with Gasteiger partial charge >= 0.3 is 14.3 Å². The van der Waals surface area contributed by atoms with E-state index in [1.54, 1.807) is 6.92 Å². The summed E-state index contributed by atoms with van der Waals surface area (Å²) >= 11 is 5.19. The maximum Gasteiger partial charge on any atom is 0.359 e. The summed E-state index contributed by atoms with van der Waals surface area (Å²) in [5.74, 6) is -0.796. The molecule has 0 saturated carbocycles. The molecule has 1 saturated heterocycles. The van der Waals surface area contributed by atoms with Gasteiger partial charge in [0.05, 0.1) is 26.4 Å². The molecule has 1 aliphatic rings. The highest BCUT2D eigenvalue weighted by molar-refractivity contribution is 8.07. The summed E-state index contributed by atoms with van der Waals surface area (Å²) in [7, 11) is -3.39. The first-order chi connectivity index (χ1) is 9.96. The summed E-state index contributed by atoms with van der Waals surface area (Å²) in [5.41, 5.74) is 0. The second-order valence-electron chi connectivity index (χ2n) is 4.73. The van der Waals surface area contributed by atoms with Crippen molar-refractivity contribution in [3.63, 3.8) is 0 Å². The Morgan fingerprint density at radius 1 is 1.14 bits per heavy atom. The molecule has 1 heterocycles. The highest BCUT2D eigenvalue weighted by Gasteiger charge is 2.39. The molecule has 1 atom stereocenters. The lowest BCUT2D eigenvalue weighted by atomic mass is 10.4. The van der Waals surface area contributed by atoms with Crippen molar-refractivity contribution in [1.82, 2.24) is 0 Å². The van der Waals surface area contributed by atoms with Crippen LogP contribution in [-0.2, 0) is 39.0 Å². The van der Waals surface area contributed by atoms with Crippen LogP contribution in [0.4, 0.5) is 0 Å². The molecule has 0 amide bonds. The van der Waals surface area contributed by atoms with Crippen LogP contribution in [0.2, 0.25) is 0 Å². The molecule has 6 nitrogen and oxygen atoms in total. The van der Waals surface area contributed by atoms with E-state index in [2.05, 4.69) is 0 Å². The lowest BCUT2D eigenvalue weighted by Crippen LogP contribution is -2.14. The molecule has 0 N–H and O–H groups in total. The monoisotopic (exact) mass is 360 g/mol. The zero-order valence-corrected chi connectivity index (χ0v) is 15.6. The first-order valence-corrected chi connectivity index (χ1v) is 11.6. The second kappa shape index (κ2) is 9.74. The van der Waals surface area contributed by atoms with Crippen molar-refractivity contribution < 1.29 is 27.2 Å². The van der Waals surface area contributed by atoms with Gasteiger partial charge in [0.25, 0.3) is 0 Å². The van der Waals surface area contributed by atoms with E-state index >= 15 is 0 Å². The van der Waals surface area contributed by atoms with Crippen LogP contribution in [0, 0.1) is 0 Å². The molecule has 0 aromatic heterocycles. The third-order valence-corrected chi connectivity index (χ3v) is 7.56. The highest BCUT2D eigenvalue weighted by Crippen LogP contribution is 2.62. The van der Waals surface area contributed by atoms with E-state index in [0.717, 1.165) is 25.7 Å². The zero-order valence-electron chi connectivity index (χ0n) is 13.0. The maximum absolute atomic E-state index is 12.9. The fourth-order valence-corrected chi connectivity index (χ4v) is 5.85. The van der Waals surface area contributed by atoms with Gasteiger partial charge in [-0.1, -0.05) is 26.7 Å². The van der Waals surface area contributed by atoms with E-state index in [0.29, 0.717) is 26.4 Å². The van der Waals surface area contributed by atoms with Gasteiger partial charge in [-0.15, -0.1) is 0 Å². The maximum atomic E-state index is 12.9. The normalized spacial score (nSPS) is 19.8. The minimum Gasteiger partial charge on any atom is -0.307 e. The Kier molecular flexibility index (Phi) is 9.15. The van der Waals surface area contributed by atoms with Crippen LogP contribution in [0.3, 0.4) is 0 Å². The standard InChI is InChI=1S/C12H26O6P2S/c1-4-6-8-14-19(13,15-9-7-5-2)12(3)18-20(21)16-10-11-17-20/h12H,4-11H2,1-3H3. The summed E-state index contributed by atoms with van der Waals surface area (Å²) in [6.07, 6.45) is 3.53. The van der Waals surface area contributed by atoms with Crippen molar-refractivity contribution in [2.24, 2.45) is 0 Å². The summed E-state index contributed by atoms with van der Waals surface area (Å²) in [5, 5.41) is 0. The number of rotatable bonds is 11. The predicted octanol–water partition coefficient (Wildman–Crippen LogP) is 4.45. The molecule has 0 spiro atoms. The van der Waals surface area contributed by atoms with Crippen LogP contribution < -0.4 is 0 Å². The summed E-state index contributed by atoms with van der Waals surface area (Å²) in [6.45, 7) is 4.47. The van der Waals surface area contributed by atoms with E-state index in [4.69, 9.17) is 34.4 Å². The first kappa shape index (κ1) is 19.7. The van der Waals surface area contributed by atoms with E-state index in [1.807, 2.05) is 13.8 Å². The van der Waals surface area contributed by atoms with E-state index in [9.17, 15) is 4.57 Å². The topological polar surface area (TPSA) is 63.2 Å². The van der Waals surface area contributed by atoms with Gasteiger partial charge in [-0.05, 0) is 31.6 Å². The summed E-state index contributed by atoms with van der Waals surface area (Å²) < 4.78 is 40.1. The highest BCUT2D eigenvalue weighted by atomic mass is 32.5. The van der Waals surface area contributed by atoms with Crippen LogP contribution in [-0.4, -0.2) is 32.3 Å². The fraction of sp³-hybridized carbons (Fsp3) is 1.00. The van der Waals surface area contributed by atoms with Crippen LogP contribution in [0.5, 0.6) is 0 Å². The first-order valence-electron chi connectivity index (χ1n) is 7.42. The molecule has 0 aromatic rings. The van der Waals surface area contributed by atoms with Gasteiger partial charge in [0, 0.05) is 0 Å². The molecule has 0 radical (unpaired) electrons. The van der Waals surface area contributed by atoms with Crippen molar-refractivity contribution in [3.8, 4) is 0 Å². The zero-order chi connectivity index (χ0) is 15.8. The SMILES string of the molecule is CCCCOP(=O)(OCCCC)C(C)OP1(=S)OCCO1. The van der Waals surface area contributed by atoms with Crippen molar-refractivity contribution in [1.29, 1.82) is 0 Å². The number of hydrogen-bond acceptors (Lipinski definition) is 7. The Bertz CT molecular complexity index is 368. The van der Waals surface area contributed by atoms with Crippen molar-refractivity contribution in [2.45, 2.75) is 52.3 Å². The van der Waals surface area contributed by atoms with Gasteiger partial charge in [-0.2, -0.15) is 0 Å². The molecular formula is C12H26O6P2S. The predicted molar refractivity (Wildman–Crippen MR) is 86.1 cm³/mol. The van der Waals surface area contributed by atoms with Crippen LogP contribution >= 0.6 is 14.3 Å². The van der Waals surface area contributed by atoms with E-state index in [1.165, 1.54) is 0 Å². The fourth-order valence-electron chi connectivity index (χ4n) is 1.56. The third kappa shape index (κ3) is 6.76. The quantitative estimate of drug-likeness (QED) is 0.398. The Balaban J connectivity index is 2.63. The molecule has 0 aliphatic carbocycles. The Morgan fingerprint density at radius 2 is 1.62 bits per heavy atom. The van der Waals surface area contributed by atoms with Crippen molar-refractivity contribution >= 4 is 26.1 Å². The van der Waals surface area contributed by atoms with Crippen LogP contribution in [0.25, 0.3) is 0 Å². The molecule has 1 aliphatic heterocycles. The van der Waals surface area contributed by atoms with Crippen molar-refractivity contribution in [2.75, 3.05) is 26.4 Å². The number of unbranched alkanes of at least 4 members (excludes halogenated alkanes) is 2. The molecule has 1 unspecified atom stereocenters. The third-order valence-electron chi connectivity index (χ3n) is 2.85. The molecule has 0 bridgehead atoms. The average Bonchev–Trinajstić information content (AvgIpc) is 2.86. The Labute approximate surface area is 132 Å². The average molecular weight is 360 g/mol. The largest absolute Gasteiger partial charge is 0.359 e. The van der Waals surface area contributed by atoms with E-state index < -0.39 is 20.2 Å². The lowest BCUT2D eigenvalue weighted by molar-refractivity contribution is 0.144. The Hall–Kier alpha value is 0.680. The van der Waals surface area contributed by atoms with Crippen molar-refractivity contribution in [3.05, 3.63) is 0 Å². The summed E-state index contributed by atoms with van der Waals surface area (Å²) in [6, 6.07) is 0. The minimum atomic E-state index is -3.39. The molecule has 21 heavy (non-hydrogen) atoms. The van der Waals surface area contributed by atoms with Gasteiger partial charge in [-0.25, -0.2) is 0 Å². The molecule has 9 heteroatoms. The second-order valence-corrected chi connectivity index (χ2v) is 10.0. The number of hydrogen-bond donors (Lipinski definition) is 0. The molecular weight excluding hydrogens is 334 g/mol. The minimum absolute atomic E-state index is 0.373. The Morgan fingerprint density at radius 3 is 2.05 bits per heavy atom. The van der Waals surface area contributed by atoms with Crippen LogP contribution in [0.15, 0.2) is 0 Å². The van der Waals surface area contributed by atoms with Gasteiger partial charge < -0.3 is 18.1 Å². The smallest absolute Gasteiger partial charge is 0.307 e. The lowest BCUT2D eigenvalue weighted by Gasteiger charge is -2.26. The summed E-state index contributed by atoms with van der Waals surface area (Å²) in [4.78, 5) is 0. The molecule has 0 aromatic carbocycles.